The van der Waals surface area contributed by atoms with Crippen LogP contribution in [0.1, 0.15) is 17.3 Å². The Morgan fingerprint density at radius 1 is 1.75 bits per heavy atom. The third kappa shape index (κ3) is 1.33. The van der Waals surface area contributed by atoms with Crippen molar-refractivity contribution in [2.24, 2.45) is 0 Å². The van der Waals surface area contributed by atoms with Gasteiger partial charge in [0.2, 0.25) is 0 Å². The van der Waals surface area contributed by atoms with Gasteiger partial charge >= 0.3 is 0 Å². The van der Waals surface area contributed by atoms with Crippen LogP contribution in [0.15, 0.2) is 16.8 Å². The van der Waals surface area contributed by atoms with Crippen LogP contribution in [-0.4, -0.2) is 0 Å². The second kappa shape index (κ2) is 2.65. The highest BCUT2D eigenvalue weighted by molar-refractivity contribution is 9.09. The first kappa shape index (κ1) is 6.30. The average molecular weight is 191 g/mol. The summed E-state index contributed by atoms with van der Waals surface area (Å²) in [5.74, 6) is 0. The smallest absolute Gasteiger partial charge is 0.0375 e. The Bertz CT molecular complexity index is 144. The highest BCUT2D eigenvalue weighted by atomic mass is 79.9. The van der Waals surface area contributed by atoms with Crippen molar-refractivity contribution in [3.63, 3.8) is 0 Å². The molecule has 0 aliphatic heterocycles. The molecule has 0 amide bonds. The zero-order valence-electron chi connectivity index (χ0n) is 4.60. The molecule has 8 heavy (non-hydrogen) atoms. The molecule has 1 atom stereocenters. The fourth-order valence-corrected chi connectivity index (χ4v) is 1.72. The molecular formula is C6H7BrS. The molecule has 0 aliphatic rings. The number of halogens is 1. The van der Waals surface area contributed by atoms with Crippen molar-refractivity contribution < 1.29 is 0 Å². The SMILES string of the molecule is C[C@H](Br)c1ccsc1. The Labute approximate surface area is 61.7 Å². The van der Waals surface area contributed by atoms with Gasteiger partial charge in [0.15, 0.2) is 0 Å². The summed E-state index contributed by atoms with van der Waals surface area (Å²) in [6.45, 7) is 2.13. The van der Waals surface area contributed by atoms with Crippen LogP contribution in [0.3, 0.4) is 0 Å². The lowest BCUT2D eigenvalue weighted by atomic mass is 10.3. The monoisotopic (exact) mass is 190 g/mol. The van der Waals surface area contributed by atoms with Crippen molar-refractivity contribution in [2.45, 2.75) is 11.8 Å². The molecule has 0 unspecified atom stereocenters. The van der Waals surface area contributed by atoms with Crippen LogP contribution in [0.4, 0.5) is 0 Å². The average Bonchev–Trinajstić information content (AvgIpc) is 2.12. The molecule has 44 valence electrons. The van der Waals surface area contributed by atoms with Gasteiger partial charge in [-0.2, -0.15) is 11.3 Å². The van der Waals surface area contributed by atoms with E-state index in [9.17, 15) is 0 Å². The van der Waals surface area contributed by atoms with E-state index >= 15 is 0 Å². The van der Waals surface area contributed by atoms with E-state index in [0.717, 1.165) is 0 Å². The summed E-state index contributed by atoms with van der Waals surface area (Å²) in [6, 6.07) is 2.13. The molecule has 0 aromatic carbocycles. The summed E-state index contributed by atoms with van der Waals surface area (Å²) >= 11 is 5.21. The van der Waals surface area contributed by atoms with Gasteiger partial charge in [0.25, 0.3) is 0 Å². The first-order chi connectivity index (χ1) is 3.80. The molecule has 0 radical (unpaired) electrons. The lowest BCUT2D eigenvalue weighted by Gasteiger charge is -1.93. The van der Waals surface area contributed by atoms with E-state index in [0.29, 0.717) is 4.83 Å². The van der Waals surface area contributed by atoms with Gasteiger partial charge in [-0.1, -0.05) is 15.9 Å². The van der Waals surface area contributed by atoms with E-state index in [1.54, 1.807) is 11.3 Å². The maximum absolute atomic E-state index is 3.47. The van der Waals surface area contributed by atoms with Crippen LogP contribution in [0, 0.1) is 0 Å². The van der Waals surface area contributed by atoms with Gasteiger partial charge in [-0.25, -0.2) is 0 Å². The largest absolute Gasteiger partial charge is 0.152 e. The Hall–Kier alpha value is 0.180. The maximum atomic E-state index is 3.47. The molecule has 2 heteroatoms. The molecule has 0 spiro atoms. The zero-order chi connectivity index (χ0) is 5.98. The normalized spacial score (nSPS) is 13.8. The molecule has 0 bridgehead atoms. The summed E-state index contributed by atoms with van der Waals surface area (Å²) in [4.78, 5) is 0.508. The van der Waals surface area contributed by atoms with Gasteiger partial charge in [-0.3, -0.25) is 0 Å². The van der Waals surface area contributed by atoms with Gasteiger partial charge in [0.1, 0.15) is 0 Å². The highest BCUT2D eigenvalue weighted by Gasteiger charge is 1.97. The van der Waals surface area contributed by atoms with Crippen molar-refractivity contribution in [2.75, 3.05) is 0 Å². The van der Waals surface area contributed by atoms with Crippen LogP contribution in [0.5, 0.6) is 0 Å². The first-order valence-electron chi connectivity index (χ1n) is 2.47. The second-order valence-electron chi connectivity index (χ2n) is 1.67. The number of hydrogen-bond donors (Lipinski definition) is 0. The van der Waals surface area contributed by atoms with Crippen LogP contribution in [0.2, 0.25) is 0 Å². The third-order valence-corrected chi connectivity index (χ3v) is 2.23. The molecule has 0 nitrogen and oxygen atoms in total. The molecule has 1 rings (SSSR count). The predicted molar refractivity (Wildman–Crippen MR) is 41.7 cm³/mol. The number of rotatable bonds is 1. The Morgan fingerprint density at radius 2 is 2.50 bits per heavy atom. The predicted octanol–water partition coefficient (Wildman–Crippen LogP) is 3.20. The molecule has 1 heterocycles. The van der Waals surface area contributed by atoms with E-state index in [4.69, 9.17) is 0 Å². The topological polar surface area (TPSA) is 0 Å². The summed E-state index contributed by atoms with van der Waals surface area (Å²) in [5.41, 5.74) is 1.37. The van der Waals surface area contributed by atoms with Crippen molar-refractivity contribution >= 4 is 27.3 Å². The lowest BCUT2D eigenvalue weighted by molar-refractivity contribution is 1.14. The van der Waals surface area contributed by atoms with E-state index in [1.165, 1.54) is 5.56 Å². The van der Waals surface area contributed by atoms with Crippen LogP contribution >= 0.6 is 27.3 Å². The number of thiophene rings is 1. The van der Waals surface area contributed by atoms with Gasteiger partial charge in [0.05, 0.1) is 0 Å². The molecule has 0 aliphatic carbocycles. The summed E-state index contributed by atoms with van der Waals surface area (Å²) in [7, 11) is 0. The van der Waals surface area contributed by atoms with Gasteiger partial charge < -0.3 is 0 Å². The minimum atomic E-state index is 0.508. The van der Waals surface area contributed by atoms with Crippen LogP contribution < -0.4 is 0 Å². The Balaban J connectivity index is 2.77. The van der Waals surface area contributed by atoms with Crippen LogP contribution in [0.25, 0.3) is 0 Å². The van der Waals surface area contributed by atoms with Crippen molar-refractivity contribution in [1.82, 2.24) is 0 Å². The van der Waals surface area contributed by atoms with Gasteiger partial charge in [-0.05, 0) is 29.3 Å². The number of alkyl halides is 1. The Kier molecular flexibility index (Phi) is 2.08. The van der Waals surface area contributed by atoms with Crippen molar-refractivity contribution in [3.05, 3.63) is 22.4 Å². The molecule has 1 aromatic rings. The van der Waals surface area contributed by atoms with E-state index in [1.807, 2.05) is 0 Å². The van der Waals surface area contributed by atoms with Crippen molar-refractivity contribution in [3.8, 4) is 0 Å². The van der Waals surface area contributed by atoms with Gasteiger partial charge in [-0.15, -0.1) is 0 Å². The van der Waals surface area contributed by atoms with Crippen molar-refractivity contribution in [1.29, 1.82) is 0 Å². The molecule has 0 saturated carbocycles. The number of hydrogen-bond acceptors (Lipinski definition) is 1. The molecule has 0 saturated heterocycles. The quantitative estimate of drug-likeness (QED) is 0.598. The second-order valence-corrected chi connectivity index (χ2v) is 3.83. The minimum absolute atomic E-state index is 0.508. The fraction of sp³-hybridized carbons (Fsp3) is 0.333. The minimum Gasteiger partial charge on any atom is -0.152 e. The lowest BCUT2D eigenvalue weighted by Crippen LogP contribution is -1.73. The van der Waals surface area contributed by atoms with Gasteiger partial charge in [0, 0.05) is 4.83 Å². The third-order valence-electron chi connectivity index (χ3n) is 1.00. The molecule has 0 N–H and O–H groups in total. The standard InChI is InChI=1S/C6H7BrS/c1-5(7)6-2-3-8-4-6/h2-5H,1H3/t5-/m0/s1. The van der Waals surface area contributed by atoms with Crippen LogP contribution in [-0.2, 0) is 0 Å². The Morgan fingerprint density at radius 3 is 2.75 bits per heavy atom. The summed E-state index contributed by atoms with van der Waals surface area (Å²) in [6.07, 6.45) is 0. The summed E-state index contributed by atoms with van der Waals surface area (Å²) in [5, 5.41) is 4.24. The molecule has 1 aromatic heterocycles. The maximum Gasteiger partial charge on any atom is 0.0375 e. The van der Waals surface area contributed by atoms with E-state index in [-0.39, 0.29) is 0 Å². The molecule has 0 fully saturated rings. The van der Waals surface area contributed by atoms with E-state index in [2.05, 4.69) is 39.7 Å². The summed E-state index contributed by atoms with van der Waals surface area (Å²) < 4.78 is 0. The molecular weight excluding hydrogens is 184 g/mol. The zero-order valence-corrected chi connectivity index (χ0v) is 7.00. The highest BCUT2D eigenvalue weighted by Crippen LogP contribution is 2.22. The van der Waals surface area contributed by atoms with E-state index < -0.39 is 0 Å². The fourth-order valence-electron chi connectivity index (χ4n) is 0.501. The first-order valence-corrected chi connectivity index (χ1v) is 4.32.